The molecule has 0 aromatic rings. The number of likely N-dealkylation sites (tertiary alicyclic amines) is 1. The standard InChI is InChI=1S/C11H20N2O5/c14-5-3-8-2-1-4-13(6-8)11(18)12-9(7-15)10(16)17/h8-9,14-15H,1-7H2,(H,12,18)(H,16,17)/t8?,9-/m0/s1. The lowest BCUT2D eigenvalue weighted by atomic mass is 9.95. The molecule has 1 heterocycles. The highest BCUT2D eigenvalue weighted by atomic mass is 16.4. The second kappa shape index (κ2) is 7.17. The van der Waals surface area contributed by atoms with Crippen molar-refractivity contribution in [3.05, 3.63) is 0 Å². The number of urea groups is 1. The minimum absolute atomic E-state index is 0.0918. The van der Waals surface area contributed by atoms with Gasteiger partial charge in [-0.05, 0) is 25.2 Å². The summed E-state index contributed by atoms with van der Waals surface area (Å²) in [6.45, 7) is 0.555. The van der Waals surface area contributed by atoms with E-state index in [0.717, 1.165) is 12.8 Å². The average molecular weight is 260 g/mol. The summed E-state index contributed by atoms with van der Waals surface area (Å²) >= 11 is 0. The first-order valence-corrected chi connectivity index (χ1v) is 6.08. The maximum Gasteiger partial charge on any atom is 0.328 e. The van der Waals surface area contributed by atoms with Crippen LogP contribution in [0.3, 0.4) is 0 Å². The summed E-state index contributed by atoms with van der Waals surface area (Å²) in [5.41, 5.74) is 0. The van der Waals surface area contributed by atoms with Crippen LogP contribution in [0.2, 0.25) is 0 Å². The van der Waals surface area contributed by atoms with E-state index >= 15 is 0 Å². The van der Waals surface area contributed by atoms with Crippen LogP contribution in [0.1, 0.15) is 19.3 Å². The van der Waals surface area contributed by atoms with Crippen molar-refractivity contribution >= 4 is 12.0 Å². The van der Waals surface area contributed by atoms with Gasteiger partial charge in [-0.2, -0.15) is 0 Å². The van der Waals surface area contributed by atoms with Crippen molar-refractivity contribution in [2.75, 3.05) is 26.3 Å². The van der Waals surface area contributed by atoms with E-state index in [-0.39, 0.29) is 12.5 Å². The first-order valence-electron chi connectivity index (χ1n) is 6.08. The molecule has 0 radical (unpaired) electrons. The van der Waals surface area contributed by atoms with E-state index in [0.29, 0.717) is 19.5 Å². The Morgan fingerprint density at radius 2 is 2.11 bits per heavy atom. The highest BCUT2D eigenvalue weighted by Crippen LogP contribution is 2.19. The summed E-state index contributed by atoms with van der Waals surface area (Å²) in [5, 5.41) is 28.7. The van der Waals surface area contributed by atoms with Crippen molar-refractivity contribution in [1.82, 2.24) is 10.2 Å². The number of aliphatic carboxylic acids is 1. The van der Waals surface area contributed by atoms with Crippen molar-refractivity contribution in [2.45, 2.75) is 25.3 Å². The van der Waals surface area contributed by atoms with Crippen LogP contribution in [0.25, 0.3) is 0 Å². The first-order chi connectivity index (χ1) is 8.58. The van der Waals surface area contributed by atoms with Gasteiger partial charge in [-0.1, -0.05) is 0 Å². The number of aliphatic hydroxyl groups excluding tert-OH is 2. The number of carboxylic acid groups (broad SMARTS) is 1. The van der Waals surface area contributed by atoms with Gasteiger partial charge in [0.25, 0.3) is 0 Å². The molecule has 18 heavy (non-hydrogen) atoms. The van der Waals surface area contributed by atoms with E-state index in [4.69, 9.17) is 15.3 Å². The van der Waals surface area contributed by atoms with Crippen LogP contribution in [0.15, 0.2) is 0 Å². The number of nitrogens with one attached hydrogen (secondary N) is 1. The third-order valence-corrected chi connectivity index (χ3v) is 3.12. The molecule has 0 aromatic carbocycles. The second-order valence-corrected chi connectivity index (χ2v) is 4.49. The lowest BCUT2D eigenvalue weighted by Gasteiger charge is -2.33. The Morgan fingerprint density at radius 1 is 1.39 bits per heavy atom. The van der Waals surface area contributed by atoms with Crippen molar-refractivity contribution in [2.24, 2.45) is 5.92 Å². The number of carboxylic acids is 1. The largest absolute Gasteiger partial charge is 0.480 e. The molecular weight excluding hydrogens is 240 g/mol. The Bertz CT molecular complexity index is 295. The molecular formula is C11H20N2O5. The summed E-state index contributed by atoms with van der Waals surface area (Å²) in [6, 6.07) is -1.74. The third-order valence-electron chi connectivity index (χ3n) is 3.12. The molecule has 0 spiro atoms. The van der Waals surface area contributed by atoms with Gasteiger partial charge in [0, 0.05) is 19.7 Å². The van der Waals surface area contributed by atoms with Gasteiger partial charge < -0.3 is 25.5 Å². The average Bonchev–Trinajstić information content (AvgIpc) is 2.36. The van der Waals surface area contributed by atoms with Gasteiger partial charge in [0.2, 0.25) is 0 Å². The van der Waals surface area contributed by atoms with Gasteiger partial charge in [-0.25, -0.2) is 9.59 Å². The molecule has 1 fully saturated rings. The van der Waals surface area contributed by atoms with Gasteiger partial charge in [0.15, 0.2) is 6.04 Å². The van der Waals surface area contributed by atoms with E-state index in [1.165, 1.54) is 4.90 Å². The Hall–Kier alpha value is -1.34. The van der Waals surface area contributed by atoms with E-state index in [1.54, 1.807) is 0 Å². The summed E-state index contributed by atoms with van der Waals surface area (Å²) < 4.78 is 0. The Morgan fingerprint density at radius 3 is 2.67 bits per heavy atom. The van der Waals surface area contributed by atoms with E-state index < -0.39 is 24.6 Å². The molecule has 1 aliphatic rings. The molecule has 0 aliphatic carbocycles. The molecule has 1 saturated heterocycles. The maximum absolute atomic E-state index is 11.8. The van der Waals surface area contributed by atoms with Crippen molar-refractivity contribution in [3.8, 4) is 0 Å². The van der Waals surface area contributed by atoms with Crippen LogP contribution in [-0.2, 0) is 4.79 Å². The molecule has 1 aliphatic heterocycles. The SMILES string of the molecule is O=C(O)[C@H](CO)NC(=O)N1CCCC(CCO)C1. The molecule has 1 rings (SSSR count). The smallest absolute Gasteiger partial charge is 0.328 e. The molecule has 2 amide bonds. The van der Waals surface area contributed by atoms with E-state index in [1.807, 2.05) is 0 Å². The zero-order chi connectivity index (χ0) is 13.5. The Kier molecular flexibility index (Phi) is 5.87. The van der Waals surface area contributed by atoms with Gasteiger partial charge in [0.05, 0.1) is 6.61 Å². The second-order valence-electron chi connectivity index (χ2n) is 4.49. The first kappa shape index (κ1) is 14.7. The van der Waals surface area contributed by atoms with Crippen LogP contribution < -0.4 is 5.32 Å². The number of carbonyl (C=O) groups is 2. The number of nitrogens with zero attached hydrogens (tertiary/aromatic N) is 1. The number of rotatable bonds is 5. The minimum Gasteiger partial charge on any atom is -0.480 e. The van der Waals surface area contributed by atoms with Gasteiger partial charge in [-0.15, -0.1) is 0 Å². The van der Waals surface area contributed by atoms with Crippen LogP contribution in [0, 0.1) is 5.92 Å². The molecule has 7 heteroatoms. The summed E-state index contributed by atoms with van der Waals surface area (Å²) in [6.07, 6.45) is 2.45. The van der Waals surface area contributed by atoms with E-state index in [2.05, 4.69) is 5.32 Å². The molecule has 104 valence electrons. The van der Waals surface area contributed by atoms with Gasteiger partial charge in [-0.3, -0.25) is 0 Å². The molecule has 4 N–H and O–H groups in total. The van der Waals surface area contributed by atoms with E-state index in [9.17, 15) is 9.59 Å². The lowest BCUT2D eigenvalue weighted by Crippen LogP contribution is -2.52. The fraction of sp³-hybridized carbons (Fsp3) is 0.818. The van der Waals surface area contributed by atoms with Crippen LogP contribution in [0.5, 0.6) is 0 Å². The monoisotopic (exact) mass is 260 g/mol. The number of hydrogen-bond acceptors (Lipinski definition) is 4. The number of carbonyl (C=O) groups excluding carboxylic acids is 1. The minimum atomic E-state index is -1.27. The fourth-order valence-electron chi connectivity index (χ4n) is 2.09. The van der Waals surface area contributed by atoms with Gasteiger partial charge in [0.1, 0.15) is 0 Å². The van der Waals surface area contributed by atoms with Crippen LogP contribution >= 0.6 is 0 Å². The lowest BCUT2D eigenvalue weighted by molar-refractivity contribution is -0.140. The van der Waals surface area contributed by atoms with Crippen LogP contribution in [0.4, 0.5) is 4.79 Å². The quantitative estimate of drug-likeness (QED) is 0.519. The Labute approximate surface area is 105 Å². The highest BCUT2D eigenvalue weighted by Gasteiger charge is 2.26. The summed E-state index contributed by atoms with van der Waals surface area (Å²) in [5.74, 6) is -0.998. The molecule has 2 atom stereocenters. The number of amides is 2. The summed E-state index contributed by atoms with van der Waals surface area (Å²) in [7, 11) is 0. The van der Waals surface area contributed by atoms with Crippen molar-refractivity contribution < 1.29 is 24.9 Å². The summed E-state index contributed by atoms with van der Waals surface area (Å²) in [4.78, 5) is 24.0. The fourth-order valence-corrected chi connectivity index (χ4v) is 2.09. The molecule has 0 aromatic heterocycles. The zero-order valence-electron chi connectivity index (χ0n) is 10.2. The van der Waals surface area contributed by atoms with Crippen molar-refractivity contribution in [3.63, 3.8) is 0 Å². The predicted octanol–water partition coefficient (Wildman–Crippen LogP) is -0.764. The Balaban J connectivity index is 2.47. The molecule has 0 bridgehead atoms. The maximum atomic E-state index is 11.8. The molecule has 1 unspecified atom stereocenters. The zero-order valence-corrected chi connectivity index (χ0v) is 10.2. The molecule has 0 saturated carbocycles. The topological polar surface area (TPSA) is 110 Å². The normalized spacial score (nSPS) is 21.4. The van der Waals surface area contributed by atoms with Crippen LogP contribution in [-0.4, -0.2) is 64.6 Å². The third kappa shape index (κ3) is 4.15. The number of hydrogen-bond donors (Lipinski definition) is 4. The molecule has 7 nitrogen and oxygen atoms in total. The van der Waals surface area contributed by atoms with Crippen molar-refractivity contribution in [1.29, 1.82) is 0 Å². The number of piperidine rings is 1. The highest BCUT2D eigenvalue weighted by molar-refractivity contribution is 5.82. The number of aliphatic hydroxyl groups is 2. The van der Waals surface area contributed by atoms with Gasteiger partial charge >= 0.3 is 12.0 Å². The predicted molar refractivity (Wildman–Crippen MR) is 63.0 cm³/mol.